The van der Waals surface area contributed by atoms with Gasteiger partial charge in [0.1, 0.15) is 5.67 Å². The Labute approximate surface area is 60.8 Å². The predicted octanol–water partition coefficient (Wildman–Crippen LogP) is 0.412. The van der Waals surface area contributed by atoms with Gasteiger partial charge in [-0.05, 0) is 18.8 Å². The van der Waals surface area contributed by atoms with Crippen molar-refractivity contribution in [3.8, 4) is 0 Å². The molecule has 60 valence electrons. The van der Waals surface area contributed by atoms with Gasteiger partial charge in [0.25, 0.3) is 0 Å². The minimum atomic E-state index is -1.27. The van der Waals surface area contributed by atoms with Crippen molar-refractivity contribution in [2.75, 3.05) is 13.1 Å². The molecule has 1 saturated carbocycles. The Morgan fingerprint density at radius 3 is 1.90 bits per heavy atom. The number of rotatable bonds is 3. The number of halogens is 1. The van der Waals surface area contributed by atoms with Crippen LogP contribution in [0.2, 0.25) is 0 Å². The van der Waals surface area contributed by atoms with Crippen molar-refractivity contribution in [2.24, 2.45) is 17.4 Å². The van der Waals surface area contributed by atoms with Gasteiger partial charge in [-0.15, -0.1) is 0 Å². The molecular formula is C7H15FN2. The first-order valence-electron chi connectivity index (χ1n) is 3.82. The molecule has 0 aromatic heterocycles. The van der Waals surface area contributed by atoms with E-state index >= 15 is 0 Å². The van der Waals surface area contributed by atoms with Crippen LogP contribution in [0.1, 0.15) is 19.3 Å². The van der Waals surface area contributed by atoms with Crippen LogP contribution in [0.4, 0.5) is 4.39 Å². The van der Waals surface area contributed by atoms with E-state index in [9.17, 15) is 4.39 Å². The van der Waals surface area contributed by atoms with Crippen LogP contribution in [0, 0.1) is 5.92 Å². The van der Waals surface area contributed by atoms with Gasteiger partial charge in [-0.25, -0.2) is 4.39 Å². The molecule has 0 bridgehead atoms. The fourth-order valence-electron chi connectivity index (χ4n) is 1.34. The monoisotopic (exact) mass is 146 g/mol. The molecule has 0 unspecified atom stereocenters. The van der Waals surface area contributed by atoms with Gasteiger partial charge in [0.05, 0.1) is 0 Å². The molecule has 2 nitrogen and oxygen atoms in total. The third-order valence-corrected chi connectivity index (χ3v) is 2.52. The largest absolute Gasteiger partial charge is 0.327 e. The van der Waals surface area contributed by atoms with Gasteiger partial charge in [0, 0.05) is 13.1 Å². The number of nitrogens with two attached hydrogens (primary N) is 2. The van der Waals surface area contributed by atoms with E-state index in [4.69, 9.17) is 11.5 Å². The van der Waals surface area contributed by atoms with Gasteiger partial charge in [-0.3, -0.25) is 0 Å². The van der Waals surface area contributed by atoms with Gasteiger partial charge in [-0.2, -0.15) is 0 Å². The second-order valence-corrected chi connectivity index (χ2v) is 3.07. The maximum Gasteiger partial charge on any atom is 0.138 e. The Balaban J connectivity index is 2.44. The highest BCUT2D eigenvalue weighted by atomic mass is 19.1. The second kappa shape index (κ2) is 2.84. The molecule has 0 heterocycles. The average molecular weight is 146 g/mol. The van der Waals surface area contributed by atoms with Crippen molar-refractivity contribution in [2.45, 2.75) is 24.9 Å². The summed E-state index contributed by atoms with van der Waals surface area (Å²) in [7, 11) is 0. The summed E-state index contributed by atoms with van der Waals surface area (Å²) in [5.74, 6) is 0.141. The van der Waals surface area contributed by atoms with Crippen LogP contribution >= 0.6 is 0 Å². The van der Waals surface area contributed by atoms with E-state index < -0.39 is 5.67 Å². The number of hydrogen-bond donors (Lipinski definition) is 2. The smallest absolute Gasteiger partial charge is 0.138 e. The molecule has 0 saturated heterocycles. The van der Waals surface area contributed by atoms with Crippen molar-refractivity contribution >= 4 is 0 Å². The lowest BCUT2D eigenvalue weighted by Gasteiger charge is -2.37. The molecule has 0 aromatic carbocycles. The maximum atomic E-state index is 13.4. The van der Waals surface area contributed by atoms with Crippen LogP contribution in [0.5, 0.6) is 0 Å². The summed E-state index contributed by atoms with van der Waals surface area (Å²) in [6.45, 7) is 0.155. The van der Waals surface area contributed by atoms with Crippen molar-refractivity contribution in [3.05, 3.63) is 0 Å². The average Bonchev–Trinajstić information content (AvgIpc) is 1.84. The summed E-state index contributed by atoms with van der Waals surface area (Å²) >= 11 is 0. The third kappa shape index (κ3) is 1.16. The zero-order valence-corrected chi connectivity index (χ0v) is 6.15. The molecule has 3 heteroatoms. The molecule has 4 N–H and O–H groups in total. The first-order valence-corrected chi connectivity index (χ1v) is 3.82. The quantitative estimate of drug-likeness (QED) is 0.606. The minimum absolute atomic E-state index is 0.0775. The lowest BCUT2D eigenvalue weighted by Crippen LogP contribution is -2.49. The second-order valence-electron chi connectivity index (χ2n) is 3.07. The van der Waals surface area contributed by atoms with Crippen molar-refractivity contribution < 1.29 is 4.39 Å². The van der Waals surface area contributed by atoms with Crippen LogP contribution in [0.15, 0.2) is 0 Å². The molecule has 1 aliphatic carbocycles. The molecule has 10 heavy (non-hydrogen) atoms. The van der Waals surface area contributed by atoms with E-state index in [1.165, 1.54) is 0 Å². The Bertz CT molecular complexity index is 108. The van der Waals surface area contributed by atoms with Crippen LogP contribution in [-0.2, 0) is 0 Å². The topological polar surface area (TPSA) is 52.0 Å². The summed E-state index contributed by atoms with van der Waals surface area (Å²) < 4.78 is 13.4. The summed E-state index contributed by atoms with van der Waals surface area (Å²) in [5, 5.41) is 0. The van der Waals surface area contributed by atoms with Gasteiger partial charge < -0.3 is 11.5 Å². The van der Waals surface area contributed by atoms with Gasteiger partial charge in [-0.1, -0.05) is 6.42 Å². The highest BCUT2D eigenvalue weighted by Crippen LogP contribution is 2.37. The lowest BCUT2D eigenvalue weighted by atomic mass is 9.74. The number of hydrogen-bond acceptors (Lipinski definition) is 2. The van der Waals surface area contributed by atoms with Crippen LogP contribution in [-0.4, -0.2) is 18.8 Å². The van der Waals surface area contributed by atoms with E-state index in [0.29, 0.717) is 0 Å². The minimum Gasteiger partial charge on any atom is -0.327 e. The molecule has 0 radical (unpaired) electrons. The number of alkyl halides is 1. The van der Waals surface area contributed by atoms with Gasteiger partial charge >= 0.3 is 0 Å². The van der Waals surface area contributed by atoms with Gasteiger partial charge in [0.15, 0.2) is 0 Å². The summed E-state index contributed by atoms with van der Waals surface area (Å²) in [6, 6.07) is 0. The van der Waals surface area contributed by atoms with Crippen LogP contribution in [0.25, 0.3) is 0 Å². The first kappa shape index (κ1) is 7.95. The fraction of sp³-hybridized carbons (Fsp3) is 1.00. The van der Waals surface area contributed by atoms with E-state index in [0.717, 1.165) is 19.3 Å². The molecule has 0 aromatic rings. The summed E-state index contributed by atoms with van der Waals surface area (Å²) in [4.78, 5) is 0. The first-order chi connectivity index (χ1) is 4.73. The Hall–Kier alpha value is -0.150. The molecule has 0 aliphatic heterocycles. The van der Waals surface area contributed by atoms with E-state index in [1.807, 2.05) is 0 Å². The zero-order chi connectivity index (χ0) is 7.61. The molecule has 1 rings (SSSR count). The van der Waals surface area contributed by atoms with Gasteiger partial charge in [0.2, 0.25) is 0 Å². The molecule has 1 aliphatic rings. The van der Waals surface area contributed by atoms with Crippen molar-refractivity contribution in [3.63, 3.8) is 0 Å². The normalized spacial score (nSPS) is 20.7. The van der Waals surface area contributed by atoms with E-state index in [1.54, 1.807) is 0 Å². The Morgan fingerprint density at radius 2 is 1.80 bits per heavy atom. The molecule has 1 fully saturated rings. The zero-order valence-electron chi connectivity index (χ0n) is 6.15. The van der Waals surface area contributed by atoms with E-state index in [2.05, 4.69) is 0 Å². The Kier molecular flexibility index (Phi) is 2.26. The Morgan fingerprint density at radius 1 is 1.30 bits per heavy atom. The van der Waals surface area contributed by atoms with Crippen LogP contribution < -0.4 is 11.5 Å². The third-order valence-electron chi connectivity index (χ3n) is 2.52. The highest BCUT2D eigenvalue weighted by molar-refractivity contribution is 4.93. The molecular weight excluding hydrogens is 131 g/mol. The van der Waals surface area contributed by atoms with Crippen LogP contribution in [0.3, 0.4) is 0 Å². The fourth-order valence-corrected chi connectivity index (χ4v) is 1.34. The lowest BCUT2D eigenvalue weighted by molar-refractivity contribution is 0.0478. The molecule has 0 atom stereocenters. The maximum absolute atomic E-state index is 13.4. The summed E-state index contributed by atoms with van der Waals surface area (Å²) in [5.41, 5.74) is 9.28. The SMILES string of the molecule is NCC(F)(CN)C1CCC1. The van der Waals surface area contributed by atoms with Crippen molar-refractivity contribution in [1.82, 2.24) is 0 Å². The van der Waals surface area contributed by atoms with Crippen molar-refractivity contribution in [1.29, 1.82) is 0 Å². The summed E-state index contributed by atoms with van der Waals surface area (Å²) in [6.07, 6.45) is 3.06. The van der Waals surface area contributed by atoms with E-state index in [-0.39, 0.29) is 19.0 Å². The highest BCUT2D eigenvalue weighted by Gasteiger charge is 2.39. The molecule has 0 spiro atoms. The standard InChI is InChI=1S/C7H15FN2/c8-7(4-9,5-10)6-2-1-3-6/h6H,1-5,9-10H2. The predicted molar refractivity (Wildman–Crippen MR) is 39.3 cm³/mol. The molecule has 0 amide bonds.